The smallest absolute Gasteiger partial charge is 0.411 e. The van der Waals surface area contributed by atoms with Crippen LogP contribution in [0.3, 0.4) is 0 Å². The van der Waals surface area contributed by atoms with Crippen molar-refractivity contribution in [3.05, 3.63) is 65.9 Å². The number of hydrogen-bond acceptors (Lipinski definition) is 8. The minimum atomic E-state index is -0.633. The van der Waals surface area contributed by atoms with E-state index in [1.54, 1.807) is 21.6 Å². The summed E-state index contributed by atoms with van der Waals surface area (Å²) in [5.41, 5.74) is 2.59. The number of fused-ring (bicyclic) bond motifs is 1. The number of hydrogen-bond donors (Lipinski definition) is 1. The van der Waals surface area contributed by atoms with Crippen LogP contribution in [0.2, 0.25) is 0 Å². The number of morpholine rings is 1. The Labute approximate surface area is 213 Å². The molecule has 2 amide bonds. The number of pyridine rings is 1. The Hall–Kier alpha value is -4.25. The molecule has 1 aromatic carbocycles. The number of aromatic nitrogens is 4. The first kappa shape index (κ1) is 24.4. The summed E-state index contributed by atoms with van der Waals surface area (Å²) in [6.07, 6.45) is 2.86. The quantitative estimate of drug-likeness (QED) is 0.437. The van der Waals surface area contributed by atoms with Gasteiger partial charge in [0.05, 0.1) is 19.4 Å². The van der Waals surface area contributed by atoms with E-state index < -0.39 is 17.7 Å². The molecule has 3 aromatic heterocycles. The molecule has 1 atom stereocenters. The highest BCUT2D eigenvalue weighted by Gasteiger charge is 2.35. The number of amides is 2. The van der Waals surface area contributed by atoms with Crippen molar-refractivity contribution in [2.45, 2.75) is 39.3 Å². The normalized spacial score (nSPS) is 16.1. The van der Waals surface area contributed by atoms with E-state index in [0.29, 0.717) is 41.6 Å². The number of nitrogens with zero attached hydrogens (tertiary/aromatic N) is 5. The van der Waals surface area contributed by atoms with Crippen LogP contribution in [0, 0.1) is 6.92 Å². The maximum Gasteiger partial charge on any atom is 0.411 e. The molecule has 37 heavy (non-hydrogen) atoms. The van der Waals surface area contributed by atoms with Crippen molar-refractivity contribution in [2.24, 2.45) is 0 Å². The van der Waals surface area contributed by atoms with Gasteiger partial charge in [-0.05, 0) is 51.5 Å². The Balaban J connectivity index is 1.37. The highest BCUT2D eigenvalue weighted by Crippen LogP contribution is 2.29. The Kier molecular flexibility index (Phi) is 6.38. The van der Waals surface area contributed by atoms with Crippen LogP contribution >= 0.6 is 0 Å². The van der Waals surface area contributed by atoms with Crippen molar-refractivity contribution in [2.75, 3.05) is 25.1 Å². The van der Waals surface area contributed by atoms with Crippen LogP contribution in [-0.2, 0) is 9.47 Å². The third kappa shape index (κ3) is 5.17. The number of benzene rings is 1. The van der Waals surface area contributed by atoms with Crippen LogP contribution in [0.5, 0.6) is 0 Å². The summed E-state index contributed by atoms with van der Waals surface area (Å²) in [6, 6.07) is 10.5. The number of carbonyl (C=O) groups excluding carboxylic acids is 2. The number of nitrogens with one attached hydrogen (secondary N) is 1. The SMILES string of the molecule is Cc1ccc(-c2noc(C3COCCN3C(=O)OC(C)(C)C)n2)cc1NC(=O)c1cnc2ccccn12. The number of anilines is 1. The third-order valence-electron chi connectivity index (χ3n) is 5.88. The number of aryl methyl sites for hydroxylation is 1. The Morgan fingerprint density at radius 3 is 2.84 bits per heavy atom. The van der Waals surface area contributed by atoms with Crippen molar-refractivity contribution in [1.82, 2.24) is 24.4 Å². The molecular formula is C26H28N6O5. The average Bonchev–Trinajstić information content (AvgIpc) is 3.52. The fourth-order valence-electron chi connectivity index (χ4n) is 4.02. The van der Waals surface area contributed by atoms with Gasteiger partial charge in [0.15, 0.2) is 0 Å². The number of ether oxygens (including phenoxy) is 2. The van der Waals surface area contributed by atoms with E-state index in [9.17, 15) is 9.59 Å². The molecular weight excluding hydrogens is 476 g/mol. The number of imidazole rings is 1. The summed E-state index contributed by atoms with van der Waals surface area (Å²) in [5, 5.41) is 7.08. The predicted molar refractivity (Wildman–Crippen MR) is 134 cm³/mol. The summed E-state index contributed by atoms with van der Waals surface area (Å²) < 4.78 is 18.4. The lowest BCUT2D eigenvalue weighted by molar-refractivity contribution is -0.0401. The zero-order valence-corrected chi connectivity index (χ0v) is 21.1. The molecule has 11 nitrogen and oxygen atoms in total. The maximum absolute atomic E-state index is 13.0. The second kappa shape index (κ2) is 9.66. The van der Waals surface area contributed by atoms with Gasteiger partial charge in [0.2, 0.25) is 5.82 Å². The van der Waals surface area contributed by atoms with Gasteiger partial charge in [-0.2, -0.15) is 4.98 Å². The molecule has 0 saturated carbocycles. The van der Waals surface area contributed by atoms with Crippen LogP contribution in [-0.4, -0.2) is 61.8 Å². The van der Waals surface area contributed by atoms with E-state index >= 15 is 0 Å². The van der Waals surface area contributed by atoms with Gasteiger partial charge in [0.1, 0.15) is 23.0 Å². The number of carbonyl (C=O) groups is 2. The largest absolute Gasteiger partial charge is 0.444 e. The van der Waals surface area contributed by atoms with E-state index in [2.05, 4.69) is 20.4 Å². The van der Waals surface area contributed by atoms with Crippen molar-refractivity contribution < 1.29 is 23.6 Å². The zero-order chi connectivity index (χ0) is 26.2. The monoisotopic (exact) mass is 504 g/mol. The van der Waals surface area contributed by atoms with Crippen LogP contribution in [0.1, 0.15) is 48.8 Å². The van der Waals surface area contributed by atoms with E-state index in [0.717, 1.165) is 5.56 Å². The molecule has 1 fully saturated rings. The molecule has 11 heteroatoms. The number of rotatable bonds is 4. The van der Waals surface area contributed by atoms with Crippen molar-refractivity contribution in [3.8, 4) is 11.4 Å². The van der Waals surface area contributed by atoms with E-state index in [-0.39, 0.29) is 18.4 Å². The summed E-state index contributed by atoms with van der Waals surface area (Å²) in [5.74, 6) is 0.285. The zero-order valence-electron chi connectivity index (χ0n) is 21.1. The minimum absolute atomic E-state index is 0.218. The fourth-order valence-corrected chi connectivity index (χ4v) is 4.02. The molecule has 1 aliphatic rings. The molecule has 0 bridgehead atoms. The summed E-state index contributed by atoms with van der Waals surface area (Å²) in [7, 11) is 0. The Morgan fingerprint density at radius 1 is 1.19 bits per heavy atom. The molecule has 1 aliphatic heterocycles. The summed E-state index contributed by atoms with van der Waals surface area (Å²) >= 11 is 0. The average molecular weight is 505 g/mol. The standard InChI is InChI=1S/C26H28N6O5/c1-16-8-9-17(13-18(16)28-23(33)19-14-27-21-7-5-6-10-31(19)21)22-29-24(37-30-22)20-15-35-12-11-32(20)25(34)36-26(2,3)4/h5-10,13-14,20H,11-12,15H2,1-4H3,(H,28,33). The van der Waals surface area contributed by atoms with Gasteiger partial charge in [0.25, 0.3) is 11.8 Å². The Morgan fingerprint density at radius 2 is 2.03 bits per heavy atom. The first-order valence-corrected chi connectivity index (χ1v) is 11.9. The van der Waals surface area contributed by atoms with Crippen LogP contribution in [0.4, 0.5) is 10.5 Å². The second-order valence-corrected chi connectivity index (χ2v) is 9.78. The first-order chi connectivity index (χ1) is 17.7. The van der Waals surface area contributed by atoms with Crippen LogP contribution in [0.25, 0.3) is 17.0 Å². The lowest BCUT2D eigenvalue weighted by atomic mass is 10.1. The first-order valence-electron chi connectivity index (χ1n) is 11.9. The van der Waals surface area contributed by atoms with Crippen LogP contribution < -0.4 is 5.32 Å². The molecule has 0 spiro atoms. The summed E-state index contributed by atoms with van der Waals surface area (Å²) in [4.78, 5) is 36.1. The molecule has 1 unspecified atom stereocenters. The highest BCUT2D eigenvalue weighted by atomic mass is 16.6. The lowest BCUT2D eigenvalue weighted by Crippen LogP contribution is -2.45. The lowest BCUT2D eigenvalue weighted by Gasteiger charge is -2.34. The maximum atomic E-state index is 13.0. The van der Waals surface area contributed by atoms with Gasteiger partial charge in [-0.25, -0.2) is 9.78 Å². The van der Waals surface area contributed by atoms with Gasteiger partial charge in [-0.3, -0.25) is 14.1 Å². The molecule has 5 rings (SSSR count). The molecule has 192 valence electrons. The van der Waals surface area contributed by atoms with Crippen molar-refractivity contribution in [1.29, 1.82) is 0 Å². The molecule has 4 heterocycles. The predicted octanol–water partition coefficient (Wildman–Crippen LogP) is 4.25. The minimum Gasteiger partial charge on any atom is -0.444 e. The molecule has 0 aliphatic carbocycles. The van der Waals surface area contributed by atoms with Crippen molar-refractivity contribution >= 4 is 23.3 Å². The second-order valence-electron chi connectivity index (χ2n) is 9.78. The summed E-state index contributed by atoms with van der Waals surface area (Å²) in [6.45, 7) is 8.30. The van der Waals surface area contributed by atoms with Gasteiger partial charge < -0.3 is 19.3 Å². The van der Waals surface area contributed by atoms with E-state index in [1.165, 1.54) is 6.20 Å². The molecule has 4 aromatic rings. The topological polar surface area (TPSA) is 124 Å². The van der Waals surface area contributed by atoms with Gasteiger partial charge in [-0.15, -0.1) is 0 Å². The Bertz CT molecular complexity index is 1450. The van der Waals surface area contributed by atoms with E-state index in [1.807, 2.05) is 58.0 Å². The van der Waals surface area contributed by atoms with Crippen molar-refractivity contribution in [3.63, 3.8) is 0 Å². The van der Waals surface area contributed by atoms with E-state index in [4.69, 9.17) is 14.0 Å². The molecule has 1 saturated heterocycles. The fraction of sp³-hybridized carbons (Fsp3) is 0.346. The van der Waals surface area contributed by atoms with Crippen LogP contribution in [0.15, 0.2) is 53.3 Å². The molecule has 0 radical (unpaired) electrons. The highest BCUT2D eigenvalue weighted by molar-refractivity contribution is 6.04. The molecule has 1 N–H and O–H groups in total. The van der Waals surface area contributed by atoms with Gasteiger partial charge in [-0.1, -0.05) is 23.4 Å². The van der Waals surface area contributed by atoms with Gasteiger partial charge >= 0.3 is 6.09 Å². The van der Waals surface area contributed by atoms with Gasteiger partial charge in [0, 0.05) is 24.0 Å². The third-order valence-corrected chi connectivity index (χ3v) is 5.88.